The number of aromatic nitrogens is 5. The van der Waals surface area contributed by atoms with Crippen LogP contribution in [0.25, 0.3) is 28.2 Å². The first-order chi connectivity index (χ1) is 17.2. The van der Waals surface area contributed by atoms with Crippen LogP contribution in [0, 0.1) is 0 Å². The third-order valence-corrected chi connectivity index (χ3v) is 7.84. The first-order valence-electron chi connectivity index (χ1n) is 12.4. The Hall–Kier alpha value is -3.56. The van der Waals surface area contributed by atoms with E-state index < -0.39 is 0 Å². The molecule has 0 radical (unpaired) electrons. The molecule has 0 spiro atoms. The zero-order chi connectivity index (χ0) is 23.5. The molecule has 0 saturated carbocycles. The standard InChI is InChI=1S/C26H28N8O/c1-32-9-5-16(6-10-32)33-11-7-20-21(15-33)31-25(30-20)19-13-27-24(18-12-28-26(35)23(18)19)17-14-29-34-8-3-2-4-22(17)34/h2-4,8,13-14,16H,5-7,9-12,15H2,1H3,(H,28,35)(H,30,31). The minimum atomic E-state index is -0.0718. The van der Waals surface area contributed by atoms with E-state index in [0.717, 1.165) is 72.0 Å². The quantitative estimate of drug-likeness (QED) is 0.480. The molecule has 9 heteroatoms. The fourth-order valence-electron chi connectivity index (χ4n) is 5.88. The molecule has 4 aromatic heterocycles. The van der Waals surface area contributed by atoms with E-state index in [0.29, 0.717) is 18.2 Å². The summed E-state index contributed by atoms with van der Waals surface area (Å²) in [5.74, 6) is 0.671. The lowest BCUT2D eigenvalue weighted by Gasteiger charge is -2.38. The molecule has 178 valence electrons. The molecule has 0 atom stereocenters. The van der Waals surface area contributed by atoms with Gasteiger partial charge in [-0.15, -0.1) is 0 Å². The number of hydrogen-bond donors (Lipinski definition) is 2. The summed E-state index contributed by atoms with van der Waals surface area (Å²) in [6, 6.07) is 6.58. The normalized spacial score (nSPS) is 19.2. The maximum atomic E-state index is 13.0. The number of likely N-dealkylation sites (tertiary alicyclic amines) is 1. The van der Waals surface area contributed by atoms with Gasteiger partial charge in [0.25, 0.3) is 5.91 Å². The van der Waals surface area contributed by atoms with Crippen molar-refractivity contribution in [3.05, 3.63) is 59.3 Å². The number of fused-ring (bicyclic) bond motifs is 3. The maximum Gasteiger partial charge on any atom is 0.252 e. The summed E-state index contributed by atoms with van der Waals surface area (Å²) in [6.45, 7) is 4.70. The predicted molar refractivity (Wildman–Crippen MR) is 132 cm³/mol. The van der Waals surface area contributed by atoms with Crippen molar-refractivity contribution in [3.63, 3.8) is 0 Å². The van der Waals surface area contributed by atoms with E-state index in [4.69, 9.17) is 9.97 Å². The fraction of sp³-hybridized carbons (Fsp3) is 0.385. The molecule has 35 heavy (non-hydrogen) atoms. The van der Waals surface area contributed by atoms with Crippen LogP contribution >= 0.6 is 0 Å². The van der Waals surface area contributed by atoms with Crippen LogP contribution in [0.3, 0.4) is 0 Å². The molecular weight excluding hydrogens is 440 g/mol. The number of carbonyl (C=O) groups is 1. The molecule has 2 N–H and O–H groups in total. The zero-order valence-corrected chi connectivity index (χ0v) is 19.8. The molecule has 0 aliphatic carbocycles. The van der Waals surface area contributed by atoms with Gasteiger partial charge in [0.15, 0.2) is 0 Å². The summed E-state index contributed by atoms with van der Waals surface area (Å²) in [5.41, 5.74) is 7.34. The second kappa shape index (κ2) is 8.00. The average molecular weight is 469 g/mol. The van der Waals surface area contributed by atoms with Gasteiger partial charge in [-0.25, -0.2) is 9.50 Å². The summed E-state index contributed by atoms with van der Waals surface area (Å²) in [7, 11) is 2.20. The van der Waals surface area contributed by atoms with Crippen LogP contribution in [-0.2, 0) is 19.5 Å². The summed E-state index contributed by atoms with van der Waals surface area (Å²) < 4.78 is 1.83. The van der Waals surface area contributed by atoms with Crippen molar-refractivity contribution in [2.24, 2.45) is 0 Å². The molecule has 9 nitrogen and oxygen atoms in total. The van der Waals surface area contributed by atoms with Crippen LogP contribution in [0.4, 0.5) is 0 Å². The number of piperidine rings is 1. The second-order valence-electron chi connectivity index (χ2n) is 9.91. The Labute approximate surface area is 203 Å². The van der Waals surface area contributed by atoms with Crippen LogP contribution in [0.15, 0.2) is 36.8 Å². The van der Waals surface area contributed by atoms with Gasteiger partial charge in [-0.3, -0.25) is 14.7 Å². The molecule has 1 fully saturated rings. The lowest BCUT2D eigenvalue weighted by Crippen LogP contribution is -2.45. The number of amides is 1. The highest BCUT2D eigenvalue weighted by Gasteiger charge is 2.32. The molecule has 1 amide bonds. The molecule has 0 aromatic carbocycles. The molecule has 7 rings (SSSR count). The summed E-state index contributed by atoms with van der Waals surface area (Å²) in [6.07, 6.45) is 8.90. The van der Waals surface area contributed by atoms with Crippen LogP contribution in [-0.4, -0.2) is 73.0 Å². The maximum absolute atomic E-state index is 13.0. The van der Waals surface area contributed by atoms with Crippen LogP contribution < -0.4 is 5.32 Å². The van der Waals surface area contributed by atoms with Crippen molar-refractivity contribution < 1.29 is 4.79 Å². The van der Waals surface area contributed by atoms with Gasteiger partial charge < -0.3 is 15.2 Å². The second-order valence-corrected chi connectivity index (χ2v) is 9.91. The highest BCUT2D eigenvalue weighted by molar-refractivity contribution is 6.05. The molecule has 0 unspecified atom stereocenters. The van der Waals surface area contributed by atoms with Crippen molar-refractivity contribution in [1.82, 2.24) is 39.7 Å². The Morgan fingerprint density at radius 2 is 1.97 bits per heavy atom. The first-order valence-corrected chi connectivity index (χ1v) is 12.4. The van der Waals surface area contributed by atoms with Gasteiger partial charge in [0, 0.05) is 61.2 Å². The molecule has 3 aliphatic rings. The number of carbonyl (C=O) groups excluding carboxylic acids is 1. The topological polar surface area (TPSA) is 94.4 Å². The fourth-order valence-corrected chi connectivity index (χ4v) is 5.88. The summed E-state index contributed by atoms with van der Waals surface area (Å²) in [5, 5.41) is 7.46. The molecule has 0 bridgehead atoms. The predicted octanol–water partition coefficient (Wildman–Crippen LogP) is 2.48. The number of aromatic amines is 1. The smallest absolute Gasteiger partial charge is 0.252 e. The molecule has 3 aliphatic heterocycles. The number of nitrogens with zero attached hydrogens (tertiary/aromatic N) is 6. The van der Waals surface area contributed by atoms with Gasteiger partial charge in [0.1, 0.15) is 5.82 Å². The third-order valence-electron chi connectivity index (χ3n) is 7.84. The van der Waals surface area contributed by atoms with E-state index in [1.54, 1.807) is 6.20 Å². The van der Waals surface area contributed by atoms with Gasteiger partial charge in [0.05, 0.1) is 34.4 Å². The van der Waals surface area contributed by atoms with E-state index in [9.17, 15) is 4.79 Å². The zero-order valence-electron chi connectivity index (χ0n) is 19.8. The van der Waals surface area contributed by atoms with Gasteiger partial charge in [-0.2, -0.15) is 5.10 Å². The molecule has 7 heterocycles. The Bertz CT molecular complexity index is 1450. The number of imidazole rings is 1. The van der Waals surface area contributed by atoms with Gasteiger partial charge in [0.2, 0.25) is 0 Å². The van der Waals surface area contributed by atoms with Crippen LogP contribution in [0.1, 0.15) is 40.2 Å². The molecule has 1 saturated heterocycles. The van der Waals surface area contributed by atoms with E-state index >= 15 is 0 Å². The number of H-pyrrole nitrogens is 1. The lowest BCUT2D eigenvalue weighted by molar-refractivity contribution is 0.0966. The minimum absolute atomic E-state index is 0.0718. The largest absolute Gasteiger partial charge is 0.348 e. The average Bonchev–Trinajstić information content (AvgIpc) is 3.60. The van der Waals surface area contributed by atoms with E-state index in [2.05, 4.69) is 32.2 Å². The van der Waals surface area contributed by atoms with Crippen molar-refractivity contribution in [1.29, 1.82) is 0 Å². The van der Waals surface area contributed by atoms with E-state index in [1.165, 1.54) is 18.5 Å². The van der Waals surface area contributed by atoms with Gasteiger partial charge in [-0.05, 0) is 45.1 Å². The monoisotopic (exact) mass is 468 g/mol. The SMILES string of the molecule is CN1CCC(N2CCc3nc(-c4cnc(-c5cnn6ccccc56)c5c4C(=O)NC5)[nH]c3C2)CC1. The van der Waals surface area contributed by atoms with Gasteiger partial charge >= 0.3 is 0 Å². The van der Waals surface area contributed by atoms with Crippen molar-refractivity contribution in [2.45, 2.75) is 38.4 Å². The summed E-state index contributed by atoms with van der Waals surface area (Å²) >= 11 is 0. The first kappa shape index (κ1) is 20.8. The number of nitrogens with one attached hydrogen (secondary N) is 2. The number of hydrogen-bond acceptors (Lipinski definition) is 6. The Morgan fingerprint density at radius 3 is 2.86 bits per heavy atom. The highest BCUT2D eigenvalue weighted by Crippen LogP contribution is 2.36. The summed E-state index contributed by atoms with van der Waals surface area (Å²) in [4.78, 5) is 31.3. The number of rotatable bonds is 3. The molecular formula is C26H28N8O. The Morgan fingerprint density at radius 1 is 1.09 bits per heavy atom. The minimum Gasteiger partial charge on any atom is -0.348 e. The van der Waals surface area contributed by atoms with Crippen molar-refractivity contribution in [2.75, 3.05) is 26.7 Å². The van der Waals surface area contributed by atoms with Crippen molar-refractivity contribution >= 4 is 11.4 Å². The van der Waals surface area contributed by atoms with Crippen LogP contribution in [0.2, 0.25) is 0 Å². The molecule has 4 aromatic rings. The third kappa shape index (κ3) is 3.37. The van der Waals surface area contributed by atoms with Gasteiger partial charge in [-0.1, -0.05) is 6.07 Å². The van der Waals surface area contributed by atoms with E-state index in [1.807, 2.05) is 35.1 Å². The Kier molecular flexibility index (Phi) is 4.75. The van der Waals surface area contributed by atoms with Crippen molar-refractivity contribution in [3.8, 4) is 22.6 Å². The van der Waals surface area contributed by atoms with E-state index in [-0.39, 0.29) is 5.91 Å². The lowest BCUT2D eigenvalue weighted by atomic mass is 9.99. The number of pyridine rings is 2. The Balaban J connectivity index is 1.24. The van der Waals surface area contributed by atoms with Crippen LogP contribution in [0.5, 0.6) is 0 Å². The highest BCUT2D eigenvalue weighted by atomic mass is 16.1.